The average Bonchev–Trinajstić information content (AvgIpc) is 2.70. The van der Waals surface area contributed by atoms with Gasteiger partial charge in [0.1, 0.15) is 5.82 Å². The molecule has 0 bridgehead atoms. The Bertz CT molecular complexity index is 464. The van der Waals surface area contributed by atoms with E-state index in [-0.39, 0.29) is 5.82 Å². The summed E-state index contributed by atoms with van der Waals surface area (Å²) in [5, 5.41) is 0.703. The van der Waals surface area contributed by atoms with Crippen LogP contribution in [-0.2, 0) is 11.3 Å². The van der Waals surface area contributed by atoms with E-state index in [1.807, 2.05) is 18.3 Å². The van der Waals surface area contributed by atoms with Gasteiger partial charge in [-0.2, -0.15) is 0 Å². The van der Waals surface area contributed by atoms with Crippen molar-refractivity contribution < 1.29 is 9.13 Å². The SMILES string of the molecule is COCCCCn1ccc2c(F)cccc21. The van der Waals surface area contributed by atoms with Crippen LogP contribution in [0.1, 0.15) is 12.8 Å². The maximum atomic E-state index is 13.4. The molecule has 0 aliphatic carbocycles. The van der Waals surface area contributed by atoms with Gasteiger partial charge in [0.15, 0.2) is 0 Å². The predicted molar refractivity (Wildman–Crippen MR) is 63.0 cm³/mol. The van der Waals surface area contributed by atoms with Crippen molar-refractivity contribution in [1.82, 2.24) is 4.57 Å². The van der Waals surface area contributed by atoms with E-state index in [9.17, 15) is 4.39 Å². The predicted octanol–water partition coefficient (Wildman–Crippen LogP) is 3.21. The van der Waals surface area contributed by atoms with E-state index in [1.165, 1.54) is 6.07 Å². The summed E-state index contributed by atoms with van der Waals surface area (Å²) in [6.07, 6.45) is 4.03. The fourth-order valence-electron chi connectivity index (χ4n) is 1.91. The van der Waals surface area contributed by atoms with Crippen molar-refractivity contribution in [3.05, 3.63) is 36.3 Å². The number of hydrogen-bond acceptors (Lipinski definition) is 1. The Morgan fingerprint density at radius 2 is 2.12 bits per heavy atom. The fourth-order valence-corrected chi connectivity index (χ4v) is 1.91. The van der Waals surface area contributed by atoms with Crippen LogP contribution in [0.4, 0.5) is 4.39 Å². The zero-order valence-electron chi connectivity index (χ0n) is 9.45. The molecule has 2 aromatic rings. The highest BCUT2D eigenvalue weighted by Crippen LogP contribution is 2.19. The molecule has 2 rings (SSSR count). The maximum Gasteiger partial charge on any atom is 0.132 e. The summed E-state index contributed by atoms with van der Waals surface area (Å²) in [6.45, 7) is 1.70. The van der Waals surface area contributed by atoms with Gasteiger partial charge in [-0.05, 0) is 31.0 Å². The topological polar surface area (TPSA) is 14.2 Å². The summed E-state index contributed by atoms with van der Waals surface area (Å²) >= 11 is 0. The molecule has 0 aliphatic heterocycles. The smallest absolute Gasteiger partial charge is 0.132 e. The molecule has 2 nitrogen and oxygen atoms in total. The normalized spacial score (nSPS) is 11.1. The van der Waals surface area contributed by atoms with Crippen LogP contribution in [0.5, 0.6) is 0 Å². The molecule has 0 unspecified atom stereocenters. The third-order valence-corrected chi connectivity index (χ3v) is 2.76. The number of rotatable bonds is 5. The largest absolute Gasteiger partial charge is 0.385 e. The highest BCUT2D eigenvalue weighted by molar-refractivity contribution is 5.80. The molecule has 0 saturated heterocycles. The van der Waals surface area contributed by atoms with Crippen molar-refractivity contribution in [1.29, 1.82) is 0 Å². The van der Waals surface area contributed by atoms with Gasteiger partial charge in [0.25, 0.3) is 0 Å². The van der Waals surface area contributed by atoms with Gasteiger partial charge in [-0.3, -0.25) is 0 Å². The standard InChI is InChI=1S/C13H16FNO/c1-16-10-3-2-8-15-9-7-11-12(14)5-4-6-13(11)15/h4-7,9H,2-3,8,10H2,1H3. The molecule has 0 radical (unpaired) electrons. The van der Waals surface area contributed by atoms with Gasteiger partial charge in [0, 0.05) is 31.8 Å². The van der Waals surface area contributed by atoms with E-state index < -0.39 is 0 Å². The van der Waals surface area contributed by atoms with E-state index in [0.29, 0.717) is 5.39 Å². The Hall–Kier alpha value is -1.35. The van der Waals surface area contributed by atoms with E-state index in [0.717, 1.165) is 31.5 Å². The third-order valence-electron chi connectivity index (χ3n) is 2.76. The molecule has 0 atom stereocenters. The molecule has 86 valence electrons. The Kier molecular flexibility index (Phi) is 3.57. The molecule has 0 fully saturated rings. The number of benzene rings is 1. The minimum Gasteiger partial charge on any atom is -0.385 e. The number of fused-ring (bicyclic) bond motifs is 1. The van der Waals surface area contributed by atoms with Gasteiger partial charge in [0.2, 0.25) is 0 Å². The van der Waals surface area contributed by atoms with Crippen LogP contribution in [-0.4, -0.2) is 18.3 Å². The zero-order chi connectivity index (χ0) is 11.4. The van der Waals surface area contributed by atoms with Crippen molar-refractivity contribution in [2.75, 3.05) is 13.7 Å². The molecular weight excluding hydrogens is 205 g/mol. The van der Waals surface area contributed by atoms with Crippen molar-refractivity contribution >= 4 is 10.9 Å². The molecule has 3 heteroatoms. The van der Waals surface area contributed by atoms with Gasteiger partial charge >= 0.3 is 0 Å². The van der Waals surface area contributed by atoms with Crippen LogP contribution in [0.15, 0.2) is 30.5 Å². The van der Waals surface area contributed by atoms with Crippen LogP contribution in [0, 0.1) is 5.82 Å². The Morgan fingerprint density at radius 3 is 2.94 bits per heavy atom. The lowest BCUT2D eigenvalue weighted by Crippen LogP contribution is -1.98. The molecule has 0 N–H and O–H groups in total. The summed E-state index contributed by atoms with van der Waals surface area (Å²) in [6, 6.07) is 7.04. The number of unbranched alkanes of at least 4 members (excludes halogenated alkanes) is 1. The molecule has 1 aromatic carbocycles. The first kappa shape index (κ1) is 11.1. The van der Waals surface area contributed by atoms with Crippen molar-refractivity contribution in [3.63, 3.8) is 0 Å². The first-order valence-corrected chi connectivity index (χ1v) is 5.55. The Labute approximate surface area is 94.6 Å². The first-order chi connectivity index (χ1) is 7.83. The van der Waals surface area contributed by atoms with Crippen molar-refractivity contribution in [2.45, 2.75) is 19.4 Å². The second-order valence-electron chi connectivity index (χ2n) is 3.88. The van der Waals surface area contributed by atoms with Crippen molar-refractivity contribution in [2.24, 2.45) is 0 Å². The molecule has 0 aliphatic rings. The number of ether oxygens (including phenoxy) is 1. The molecule has 1 aromatic heterocycles. The number of hydrogen-bond donors (Lipinski definition) is 0. The lowest BCUT2D eigenvalue weighted by molar-refractivity contribution is 0.191. The third kappa shape index (κ3) is 2.25. The van der Waals surface area contributed by atoms with Crippen LogP contribution in [0.3, 0.4) is 0 Å². The number of halogens is 1. The highest BCUT2D eigenvalue weighted by atomic mass is 19.1. The Balaban J connectivity index is 2.10. The number of nitrogens with zero attached hydrogens (tertiary/aromatic N) is 1. The minimum absolute atomic E-state index is 0.145. The van der Waals surface area contributed by atoms with E-state index in [1.54, 1.807) is 13.2 Å². The van der Waals surface area contributed by atoms with Gasteiger partial charge in [-0.1, -0.05) is 6.07 Å². The molecule has 0 amide bonds. The molecule has 16 heavy (non-hydrogen) atoms. The summed E-state index contributed by atoms with van der Waals surface area (Å²) in [7, 11) is 1.71. The maximum absolute atomic E-state index is 13.4. The van der Waals surface area contributed by atoms with E-state index >= 15 is 0 Å². The number of methoxy groups -OCH3 is 1. The second kappa shape index (κ2) is 5.12. The van der Waals surface area contributed by atoms with Gasteiger partial charge in [0.05, 0.1) is 5.52 Å². The zero-order valence-corrected chi connectivity index (χ0v) is 9.45. The van der Waals surface area contributed by atoms with Crippen LogP contribution in [0.25, 0.3) is 10.9 Å². The summed E-state index contributed by atoms with van der Waals surface area (Å²) in [4.78, 5) is 0. The van der Waals surface area contributed by atoms with Crippen LogP contribution >= 0.6 is 0 Å². The van der Waals surface area contributed by atoms with Crippen LogP contribution in [0.2, 0.25) is 0 Å². The lowest BCUT2D eigenvalue weighted by Gasteiger charge is -2.05. The summed E-state index contributed by atoms with van der Waals surface area (Å²) in [5.74, 6) is -0.145. The molecular formula is C13H16FNO. The van der Waals surface area contributed by atoms with Gasteiger partial charge < -0.3 is 9.30 Å². The fraction of sp³-hybridized carbons (Fsp3) is 0.385. The van der Waals surface area contributed by atoms with E-state index in [2.05, 4.69) is 4.57 Å². The number of aryl methyl sites for hydroxylation is 1. The van der Waals surface area contributed by atoms with Gasteiger partial charge in [-0.25, -0.2) is 4.39 Å². The molecule has 0 spiro atoms. The molecule has 0 saturated carbocycles. The second-order valence-corrected chi connectivity index (χ2v) is 3.88. The summed E-state index contributed by atoms with van der Waals surface area (Å²) in [5.41, 5.74) is 0.970. The highest BCUT2D eigenvalue weighted by Gasteiger charge is 2.04. The van der Waals surface area contributed by atoms with E-state index in [4.69, 9.17) is 4.74 Å². The summed E-state index contributed by atoms with van der Waals surface area (Å²) < 4.78 is 20.5. The van der Waals surface area contributed by atoms with Crippen molar-refractivity contribution in [3.8, 4) is 0 Å². The Morgan fingerprint density at radius 1 is 1.25 bits per heavy atom. The average molecular weight is 221 g/mol. The number of aromatic nitrogens is 1. The monoisotopic (exact) mass is 221 g/mol. The lowest BCUT2D eigenvalue weighted by atomic mass is 10.2. The van der Waals surface area contributed by atoms with Crippen LogP contribution < -0.4 is 0 Å². The van der Waals surface area contributed by atoms with Gasteiger partial charge in [-0.15, -0.1) is 0 Å². The quantitative estimate of drug-likeness (QED) is 0.707. The minimum atomic E-state index is -0.145. The molecule has 1 heterocycles. The first-order valence-electron chi connectivity index (χ1n) is 5.55.